The van der Waals surface area contributed by atoms with Gasteiger partial charge in [-0.2, -0.15) is 0 Å². The fraction of sp³-hybridized carbons (Fsp3) is 0.250. The summed E-state index contributed by atoms with van der Waals surface area (Å²) in [4.78, 5) is 29.1. The zero-order valence-corrected chi connectivity index (χ0v) is 10.0. The molecular formula is C8H7N3O7S. The number of benzene rings is 1. The van der Waals surface area contributed by atoms with E-state index in [1.165, 1.54) is 0 Å². The standard InChI is InChI=1S/C8H7N3O7S/c12-1-2-19-8-6(10(15)16)3-5(9(13)14)4-7(8)11(17)18/h3-4,12H,1-2H2. The summed E-state index contributed by atoms with van der Waals surface area (Å²) in [5.74, 6) is -0.000505. The number of thioether (sulfide) groups is 1. The van der Waals surface area contributed by atoms with Gasteiger partial charge in [0.05, 0.1) is 33.5 Å². The Kier molecular flexibility index (Phi) is 4.72. The lowest BCUT2D eigenvalue weighted by Gasteiger charge is -2.03. The minimum absolute atomic E-state index is 0.000505. The highest BCUT2D eigenvalue weighted by atomic mass is 32.2. The quantitative estimate of drug-likeness (QED) is 0.470. The molecule has 0 aliphatic rings. The van der Waals surface area contributed by atoms with Gasteiger partial charge in [-0.15, -0.1) is 11.8 Å². The molecule has 1 N–H and O–H groups in total. The van der Waals surface area contributed by atoms with E-state index in [4.69, 9.17) is 5.11 Å². The minimum Gasteiger partial charge on any atom is -0.396 e. The van der Waals surface area contributed by atoms with Gasteiger partial charge in [-0.3, -0.25) is 30.3 Å². The van der Waals surface area contributed by atoms with Crippen molar-refractivity contribution in [2.75, 3.05) is 12.4 Å². The molecule has 0 bridgehead atoms. The third-order valence-corrected chi connectivity index (χ3v) is 3.07. The Morgan fingerprint density at radius 2 is 1.47 bits per heavy atom. The van der Waals surface area contributed by atoms with Crippen LogP contribution in [-0.2, 0) is 0 Å². The summed E-state index contributed by atoms with van der Waals surface area (Å²) in [7, 11) is 0. The molecule has 1 rings (SSSR count). The van der Waals surface area contributed by atoms with E-state index in [0.29, 0.717) is 23.9 Å². The molecule has 102 valence electrons. The number of aliphatic hydroxyl groups is 1. The highest BCUT2D eigenvalue weighted by Crippen LogP contribution is 2.40. The van der Waals surface area contributed by atoms with Crippen LogP contribution in [0.2, 0.25) is 0 Å². The smallest absolute Gasteiger partial charge is 0.296 e. The fourth-order valence-corrected chi connectivity index (χ4v) is 2.11. The predicted octanol–water partition coefficient (Wildman–Crippen LogP) is 1.50. The summed E-state index contributed by atoms with van der Waals surface area (Å²) >= 11 is 0.695. The van der Waals surface area contributed by atoms with E-state index < -0.39 is 31.8 Å². The van der Waals surface area contributed by atoms with Crippen LogP contribution < -0.4 is 0 Å². The lowest BCUT2D eigenvalue weighted by molar-refractivity contribution is -0.407. The SMILES string of the molecule is O=[N+]([O-])c1cc([N+](=O)[O-])c(SCCO)c([N+](=O)[O-])c1. The number of nitrogens with zero attached hydrogens (tertiary/aromatic N) is 3. The van der Waals surface area contributed by atoms with Crippen LogP contribution in [-0.4, -0.2) is 32.2 Å². The lowest BCUT2D eigenvalue weighted by atomic mass is 10.2. The second-order valence-corrected chi connectivity index (χ2v) is 4.26. The molecule has 0 unspecified atom stereocenters. The minimum atomic E-state index is -0.944. The van der Waals surface area contributed by atoms with Crippen molar-refractivity contribution in [2.24, 2.45) is 0 Å². The first kappa shape index (κ1) is 14.8. The number of nitro groups is 3. The van der Waals surface area contributed by atoms with Crippen LogP contribution in [0.3, 0.4) is 0 Å². The summed E-state index contributed by atoms with van der Waals surface area (Å²) in [5, 5.41) is 40.9. The average molecular weight is 289 g/mol. The first-order valence-electron chi connectivity index (χ1n) is 4.73. The second-order valence-electron chi connectivity index (χ2n) is 3.16. The molecule has 0 aliphatic heterocycles. The Labute approximate surface area is 109 Å². The van der Waals surface area contributed by atoms with Gasteiger partial charge in [0.15, 0.2) is 4.90 Å². The van der Waals surface area contributed by atoms with Gasteiger partial charge in [0, 0.05) is 5.75 Å². The maximum atomic E-state index is 10.8. The topological polar surface area (TPSA) is 150 Å². The molecule has 0 atom stereocenters. The number of nitro benzene ring substituents is 3. The first-order valence-corrected chi connectivity index (χ1v) is 5.72. The van der Waals surface area contributed by atoms with Crippen LogP contribution in [0.15, 0.2) is 17.0 Å². The molecule has 11 heteroatoms. The summed E-state index contributed by atoms with van der Waals surface area (Å²) in [5.41, 5.74) is -2.18. The van der Waals surface area contributed by atoms with Gasteiger partial charge in [0.1, 0.15) is 0 Å². The van der Waals surface area contributed by atoms with Gasteiger partial charge >= 0.3 is 0 Å². The maximum absolute atomic E-state index is 10.8. The van der Waals surface area contributed by atoms with Gasteiger partial charge < -0.3 is 5.11 Å². The summed E-state index contributed by atoms with van der Waals surface area (Å²) in [6.45, 7) is -0.337. The average Bonchev–Trinajstić information content (AvgIpc) is 2.34. The van der Waals surface area contributed by atoms with Gasteiger partial charge in [-0.05, 0) is 0 Å². The molecule has 0 saturated heterocycles. The highest BCUT2D eigenvalue weighted by Gasteiger charge is 2.30. The number of hydrogen-bond acceptors (Lipinski definition) is 8. The summed E-state index contributed by atoms with van der Waals surface area (Å²) in [6.07, 6.45) is 0. The third-order valence-electron chi connectivity index (χ3n) is 1.98. The number of rotatable bonds is 6. The number of hydrogen-bond donors (Lipinski definition) is 1. The third kappa shape index (κ3) is 3.35. The van der Waals surface area contributed by atoms with Gasteiger partial charge in [-0.1, -0.05) is 0 Å². The molecular weight excluding hydrogens is 282 g/mol. The molecule has 0 radical (unpaired) electrons. The van der Waals surface area contributed by atoms with Crippen LogP contribution >= 0.6 is 11.8 Å². The zero-order valence-electron chi connectivity index (χ0n) is 9.22. The molecule has 1 aromatic rings. The van der Waals surface area contributed by atoms with Crippen molar-refractivity contribution in [1.29, 1.82) is 0 Å². The molecule has 0 aromatic heterocycles. The predicted molar refractivity (Wildman–Crippen MR) is 64.2 cm³/mol. The van der Waals surface area contributed by atoms with Crippen molar-refractivity contribution >= 4 is 28.8 Å². The molecule has 19 heavy (non-hydrogen) atoms. The van der Waals surface area contributed by atoms with Gasteiger partial charge in [0.25, 0.3) is 17.1 Å². The second kappa shape index (κ2) is 6.06. The van der Waals surface area contributed by atoms with Crippen LogP contribution in [0.1, 0.15) is 0 Å². The van der Waals surface area contributed by atoms with Gasteiger partial charge in [0.2, 0.25) is 0 Å². The molecule has 0 aliphatic carbocycles. The zero-order chi connectivity index (χ0) is 14.6. The van der Waals surface area contributed by atoms with Crippen molar-refractivity contribution < 1.29 is 19.9 Å². The first-order chi connectivity index (χ1) is 8.88. The van der Waals surface area contributed by atoms with E-state index >= 15 is 0 Å². The van der Waals surface area contributed by atoms with Gasteiger partial charge in [-0.25, -0.2) is 0 Å². The Balaban J connectivity index is 3.50. The van der Waals surface area contributed by atoms with Crippen LogP contribution in [0.4, 0.5) is 17.1 Å². The van der Waals surface area contributed by atoms with E-state index in [9.17, 15) is 30.3 Å². The lowest BCUT2D eigenvalue weighted by Crippen LogP contribution is -2.00. The number of aliphatic hydroxyl groups excluding tert-OH is 1. The Morgan fingerprint density at radius 3 is 1.79 bits per heavy atom. The Hall–Kier alpha value is -2.27. The summed E-state index contributed by atoms with van der Waals surface area (Å²) in [6, 6.07) is 1.32. The molecule has 0 saturated carbocycles. The van der Waals surface area contributed by atoms with Crippen molar-refractivity contribution in [3.05, 3.63) is 42.5 Å². The summed E-state index contributed by atoms with van der Waals surface area (Å²) < 4.78 is 0. The van der Waals surface area contributed by atoms with Crippen molar-refractivity contribution in [3.63, 3.8) is 0 Å². The Morgan fingerprint density at radius 1 is 1.00 bits per heavy atom. The highest BCUT2D eigenvalue weighted by molar-refractivity contribution is 7.99. The van der Waals surface area contributed by atoms with E-state index in [-0.39, 0.29) is 17.3 Å². The van der Waals surface area contributed by atoms with Crippen molar-refractivity contribution in [3.8, 4) is 0 Å². The fourth-order valence-electron chi connectivity index (χ4n) is 1.26. The molecule has 0 amide bonds. The Bertz CT molecular complexity index is 512. The van der Waals surface area contributed by atoms with E-state index in [2.05, 4.69) is 0 Å². The van der Waals surface area contributed by atoms with Crippen LogP contribution in [0, 0.1) is 30.3 Å². The van der Waals surface area contributed by atoms with Crippen molar-refractivity contribution in [2.45, 2.75) is 4.90 Å². The van der Waals surface area contributed by atoms with E-state index in [1.54, 1.807) is 0 Å². The monoisotopic (exact) mass is 289 g/mol. The molecule has 0 fully saturated rings. The molecule has 0 heterocycles. The molecule has 10 nitrogen and oxygen atoms in total. The van der Waals surface area contributed by atoms with Crippen LogP contribution in [0.25, 0.3) is 0 Å². The largest absolute Gasteiger partial charge is 0.396 e. The molecule has 0 spiro atoms. The van der Waals surface area contributed by atoms with E-state index in [1.807, 2.05) is 0 Å². The van der Waals surface area contributed by atoms with Crippen molar-refractivity contribution in [1.82, 2.24) is 0 Å². The van der Waals surface area contributed by atoms with E-state index in [0.717, 1.165) is 0 Å². The maximum Gasteiger partial charge on any atom is 0.296 e. The number of non-ortho nitro benzene ring substituents is 1. The molecule has 1 aromatic carbocycles. The normalized spacial score (nSPS) is 10.2. The van der Waals surface area contributed by atoms with Crippen LogP contribution in [0.5, 0.6) is 0 Å².